The normalized spacial score (nSPS) is 20.3. The van der Waals surface area contributed by atoms with Gasteiger partial charge in [0, 0.05) is 11.8 Å². The smallest absolute Gasteiger partial charge is 0.0327 e. The highest BCUT2D eigenvalue weighted by atomic mass is 35.5. The third-order valence-corrected chi connectivity index (χ3v) is 2.32. The van der Waals surface area contributed by atoms with Crippen molar-refractivity contribution in [3.63, 3.8) is 0 Å². The maximum absolute atomic E-state index is 5.77. The van der Waals surface area contributed by atoms with Gasteiger partial charge in [-0.15, -0.1) is 11.6 Å². The number of hydrogen-bond donors (Lipinski definition) is 0. The molecule has 0 saturated heterocycles. The molecule has 0 nitrogen and oxygen atoms in total. The summed E-state index contributed by atoms with van der Waals surface area (Å²) < 4.78 is 0. The number of alkyl halides is 1. The zero-order valence-electron chi connectivity index (χ0n) is 6.05. The molecule has 0 N–H and O–H groups in total. The molecule has 55 valence electrons. The zero-order valence-corrected chi connectivity index (χ0v) is 6.81. The van der Waals surface area contributed by atoms with Crippen LogP contribution in [0, 0.1) is 6.07 Å². The van der Waals surface area contributed by atoms with Crippen LogP contribution in [0.4, 0.5) is 0 Å². The summed E-state index contributed by atoms with van der Waals surface area (Å²) >= 11 is 5.77. The SMILES string of the molecule is ClCC1C=Cc2[c]cccc21. The Morgan fingerprint density at radius 1 is 1.55 bits per heavy atom. The van der Waals surface area contributed by atoms with Crippen LogP contribution >= 0.6 is 11.6 Å². The Morgan fingerprint density at radius 3 is 3.27 bits per heavy atom. The Kier molecular flexibility index (Phi) is 1.71. The van der Waals surface area contributed by atoms with E-state index in [2.05, 4.69) is 24.3 Å². The molecule has 0 heterocycles. The van der Waals surface area contributed by atoms with Gasteiger partial charge in [0.15, 0.2) is 0 Å². The molecule has 0 saturated carbocycles. The maximum atomic E-state index is 5.77. The van der Waals surface area contributed by atoms with Crippen LogP contribution in [0.25, 0.3) is 6.08 Å². The Morgan fingerprint density at radius 2 is 2.45 bits per heavy atom. The molecular weight excluding hydrogens is 156 g/mol. The molecule has 0 fully saturated rings. The van der Waals surface area contributed by atoms with Gasteiger partial charge in [0.1, 0.15) is 0 Å². The summed E-state index contributed by atoms with van der Waals surface area (Å²) in [6, 6.07) is 9.21. The summed E-state index contributed by atoms with van der Waals surface area (Å²) in [7, 11) is 0. The second-order valence-electron chi connectivity index (χ2n) is 2.66. The van der Waals surface area contributed by atoms with E-state index in [1.165, 1.54) is 11.1 Å². The van der Waals surface area contributed by atoms with E-state index >= 15 is 0 Å². The maximum Gasteiger partial charge on any atom is 0.0327 e. The van der Waals surface area contributed by atoms with Crippen LogP contribution in [-0.2, 0) is 0 Å². The molecule has 0 spiro atoms. The molecule has 2 rings (SSSR count). The number of halogens is 1. The molecule has 1 unspecified atom stereocenters. The molecule has 1 aliphatic rings. The summed E-state index contributed by atoms with van der Waals surface area (Å²) in [5, 5.41) is 0. The van der Waals surface area contributed by atoms with E-state index in [0.29, 0.717) is 11.8 Å². The lowest BCUT2D eigenvalue weighted by Crippen LogP contribution is -1.93. The van der Waals surface area contributed by atoms with Gasteiger partial charge < -0.3 is 0 Å². The highest BCUT2D eigenvalue weighted by molar-refractivity contribution is 6.18. The van der Waals surface area contributed by atoms with E-state index in [-0.39, 0.29) is 0 Å². The summed E-state index contributed by atoms with van der Waals surface area (Å²) in [5.74, 6) is 1.07. The molecule has 0 aliphatic heterocycles. The minimum atomic E-state index is 0.407. The van der Waals surface area contributed by atoms with Crippen LogP contribution in [0.5, 0.6) is 0 Å². The van der Waals surface area contributed by atoms with E-state index in [1.807, 2.05) is 12.1 Å². The molecular formula is C10H8Cl. The van der Waals surface area contributed by atoms with Crippen molar-refractivity contribution < 1.29 is 0 Å². The second-order valence-corrected chi connectivity index (χ2v) is 2.97. The van der Waals surface area contributed by atoms with Crippen LogP contribution in [0.1, 0.15) is 17.0 Å². The van der Waals surface area contributed by atoms with Crippen molar-refractivity contribution in [2.75, 3.05) is 5.88 Å². The van der Waals surface area contributed by atoms with E-state index in [9.17, 15) is 0 Å². The predicted molar refractivity (Wildman–Crippen MR) is 47.8 cm³/mol. The standard InChI is InChI=1S/C10H8Cl/c11-7-9-6-5-8-3-1-2-4-10(8)9/h1-2,4-6,9H,7H2. The summed E-state index contributed by atoms with van der Waals surface area (Å²) in [6.45, 7) is 0. The van der Waals surface area contributed by atoms with Gasteiger partial charge in [-0.2, -0.15) is 0 Å². The topological polar surface area (TPSA) is 0 Å². The zero-order chi connectivity index (χ0) is 7.68. The van der Waals surface area contributed by atoms with Gasteiger partial charge in [-0.1, -0.05) is 30.4 Å². The number of hydrogen-bond acceptors (Lipinski definition) is 0. The van der Waals surface area contributed by atoms with Crippen LogP contribution in [0.3, 0.4) is 0 Å². The van der Waals surface area contributed by atoms with Gasteiger partial charge in [-0.25, -0.2) is 0 Å². The van der Waals surface area contributed by atoms with E-state index in [4.69, 9.17) is 11.6 Å². The van der Waals surface area contributed by atoms with Crippen molar-refractivity contribution in [1.82, 2.24) is 0 Å². The molecule has 1 aromatic rings. The monoisotopic (exact) mass is 163 g/mol. The first-order valence-corrected chi connectivity index (χ1v) is 4.20. The molecule has 1 heteroatoms. The predicted octanol–water partition coefficient (Wildman–Crippen LogP) is 2.84. The van der Waals surface area contributed by atoms with Gasteiger partial charge in [0.25, 0.3) is 0 Å². The molecule has 1 aliphatic carbocycles. The molecule has 11 heavy (non-hydrogen) atoms. The minimum absolute atomic E-state index is 0.407. The third kappa shape index (κ3) is 1.08. The summed E-state index contributed by atoms with van der Waals surface area (Å²) in [4.78, 5) is 0. The van der Waals surface area contributed by atoms with Gasteiger partial charge >= 0.3 is 0 Å². The highest BCUT2D eigenvalue weighted by Gasteiger charge is 2.14. The van der Waals surface area contributed by atoms with Gasteiger partial charge in [-0.3, -0.25) is 0 Å². The van der Waals surface area contributed by atoms with E-state index in [1.54, 1.807) is 0 Å². The average Bonchev–Trinajstić information content (AvgIpc) is 2.47. The van der Waals surface area contributed by atoms with Crippen LogP contribution in [0.15, 0.2) is 24.3 Å². The Bertz CT molecular complexity index is 289. The lowest BCUT2D eigenvalue weighted by molar-refractivity contribution is 0.999. The van der Waals surface area contributed by atoms with Gasteiger partial charge in [0.05, 0.1) is 0 Å². The summed E-state index contributed by atoms with van der Waals surface area (Å²) in [5.41, 5.74) is 2.50. The lowest BCUT2D eigenvalue weighted by Gasteiger charge is -2.04. The van der Waals surface area contributed by atoms with E-state index in [0.717, 1.165) is 0 Å². The van der Waals surface area contributed by atoms with Crippen molar-refractivity contribution in [3.8, 4) is 0 Å². The van der Waals surface area contributed by atoms with Crippen LogP contribution in [0.2, 0.25) is 0 Å². The van der Waals surface area contributed by atoms with Crippen molar-refractivity contribution >= 4 is 17.7 Å². The van der Waals surface area contributed by atoms with Crippen molar-refractivity contribution in [2.24, 2.45) is 0 Å². The molecule has 0 aromatic heterocycles. The fourth-order valence-electron chi connectivity index (χ4n) is 1.38. The average molecular weight is 164 g/mol. The number of allylic oxidation sites excluding steroid dienone is 1. The third-order valence-electron chi connectivity index (χ3n) is 1.98. The number of benzene rings is 1. The minimum Gasteiger partial charge on any atom is -0.126 e. The Balaban J connectivity index is 2.46. The van der Waals surface area contributed by atoms with Crippen molar-refractivity contribution in [3.05, 3.63) is 41.5 Å². The van der Waals surface area contributed by atoms with Crippen LogP contribution in [-0.4, -0.2) is 5.88 Å². The molecule has 1 radical (unpaired) electrons. The van der Waals surface area contributed by atoms with Crippen molar-refractivity contribution in [1.29, 1.82) is 0 Å². The number of rotatable bonds is 1. The fourth-order valence-corrected chi connectivity index (χ4v) is 1.65. The first kappa shape index (κ1) is 6.93. The fraction of sp³-hybridized carbons (Fsp3) is 0.200. The Labute approximate surface area is 71.5 Å². The van der Waals surface area contributed by atoms with Gasteiger partial charge in [0.2, 0.25) is 0 Å². The molecule has 1 aromatic carbocycles. The quantitative estimate of drug-likeness (QED) is 0.559. The lowest BCUT2D eigenvalue weighted by atomic mass is 10.0. The largest absolute Gasteiger partial charge is 0.126 e. The van der Waals surface area contributed by atoms with E-state index < -0.39 is 0 Å². The first-order chi connectivity index (χ1) is 5.42. The molecule has 1 atom stereocenters. The second kappa shape index (κ2) is 2.71. The van der Waals surface area contributed by atoms with Crippen LogP contribution < -0.4 is 0 Å². The molecule has 0 amide bonds. The van der Waals surface area contributed by atoms with Gasteiger partial charge in [-0.05, 0) is 17.2 Å². The summed E-state index contributed by atoms with van der Waals surface area (Å²) in [6.07, 6.45) is 4.22. The number of fused-ring (bicyclic) bond motifs is 1. The molecule has 0 bridgehead atoms. The highest BCUT2D eigenvalue weighted by Crippen LogP contribution is 2.29. The first-order valence-electron chi connectivity index (χ1n) is 3.66. The Hall–Kier alpha value is -0.750. The van der Waals surface area contributed by atoms with Crippen molar-refractivity contribution in [2.45, 2.75) is 5.92 Å².